The molecule has 182 valence electrons. The maximum absolute atomic E-state index is 13.1. The Hall–Kier alpha value is -2.08. The smallest absolute Gasteiger partial charge is 0.338 e. The van der Waals surface area contributed by atoms with E-state index in [1.165, 1.54) is 0 Å². The largest absolute Gasteiger partial charge is 0.462 e. The van der Waals surface area contributed by atoms with Crippen molar-refractivity contribution in [3.63, 3.8) is 0 Å². The highest BCUT2D eigenvalue weighted by atomic mass is 16.7. The Morgan fingerprint density at radius 2 is 1.67 bits per heavy atom. The number of esters is 2. The molecule has 4 rings (SSSR count). The average Bonchev–Trinajstić information content (AvgIpc) is 3.01. The fraction of sp³-hybridized carbons (Fsp3) is 0.652. The second-order valence-corrected chi connectivity index (χ2v) is 9.09. The number of rotatable bonds is 6. The second kappa shape index (κ2) is 10.0. The molecule has 8 atom stereocenters. The summed E-state index contributed by atoms with van der Waals surface area (Å²) in [6, 6.07) is 9.57. The Morgan fingerprint density at radius 1 is 1.03 bits per heavy atom. The zero-order valence-corrected chi connectivity index (χ0v) is 18.4. The number of hydrogen-bond acceptors (Lipinski definition) is 10. The van der Waals surface area contributed by atoms with Gasteiger partial charge >= 0.3 is 11.9 Å². The van der Waals surface area contributed by atoms with Crippen LogP contribution in [0.2, 0.25) is 0 Å². The Labute approximate surface area is 191 Å². The fourth-order valence-corrected chi connectivity index (χ4v) is 4.99. The lowest BCUT2D eigenvalue weighted by molar-refractivity contribution is -0.281. The number of carbonyl (C=O) groups excluding carboxylic acids is 2. The summed E-state index contributed by atoms with van der Waals surface area (Å²) in [5.74, 6) is -2.48. The van der Waals surface area contributed by atoms with E-state index in [1.54, 1.807) is 30.3 Å². The van der Waals surface area contributed by atoms with Crippen LogP contribution in [0.5, 0.6) is 0 Å². The average molecular weight is 465 g/mol. The molecule has 1 aromatic rings. The van der Waals surface area contributed by atoms with Crippen LogP contribution in [0.3, 0.4) is 0 Å². The third-order valence-electron chi connectivity index (χ3n) is 7.04. The van der Waals surface area contributed by atoms with Crippen LogP contribution >= 0.6 is 0 Å². The molecule has 33 heavy (non-hydrogen) atoms. The lowest BCUT2D eigenvalue weighted by Crippen LogP contribution is -2.60. The SMILES string of the molecule is CN1C2CCC1CC(OC(=O)C(COC(=O)[C@H]1O[C@@H](O)[C@H](O)[C@@H](O)[C@@H]1O)c1ccccc1)C2. The van der Waals surface area contributed by atoms with Crippen LogP contribution in [0.25, 0.3) is 0 Å². The predicted molar refractivity (Wildman–Crippen MR) is 113 cm³/mol. The molecule has 1 aromatic carbocycles. The number of piperidine rings is 1. The topological polar surface area (TPSA) is 146 Å². The maximum Gasteiger partial charge on any atom is 0.338 e. The van der Waals surface area contributed by atoms with E-state index in [0.29, 0.717) is 17.6 Å². The summed E-state index contributed by atoms with van der Waals surface area (Å²) < 4.78 is 16.0. The van der Waals surface area contributed by atoms with Crippen molar-refractivity contribution in [2.75, 3.05) is 13.7 Å². The van der Waals surface area contributed by atoms with Gasteiger partial charge in [0, 0.05) is 12.1 Å². The minimum absolute atomic E-state index is 0.205. The molecule has 3 unspecified atom stereocenters. The number of aliphatic hydroxyl groups is 4. The van der Waals surface area contributed by atoms with Gasteiger partial charge < -0.3 is 39.5 Å². The second-order valence-electron chi connectivity index (χ2n) is 9.09. The monoisotopic (exact) mass is 465 g/mol. The Morgan fingerprint density at radius 3 is 2.30 bits per heavy atom. The highest BCUT2D eigenvalue weighted by molar-refractivity contribution is 5.80. The predicted octanol–water partition coefficient (Wildman–Crippen LogP) is -0.718. The number of nitrogens with zero attached hydrogens (tertiary/aromatic N) is 1. The van der Waals surface area contributed by atoms with E-state index >= 15 is 0 Å². The lowest BCUT2D eigenvalue weighted by Gasteiger charge is -2.37. The third kappa shape index (κ3) is 5.06. The Balaban J connectivity index is 1.41. The van der Waals surface area contributed by atoms with Crippen LogP contribution in [0.1, 0.15) is 37.2 Å². The molecule has 0 aromatic heterocycles. The van der Waals surface area contributed by atoms with Crippen molar-refractivity contribution in [3.05, 3.63) is 35.9 Å². The minimum Gasteiger partial charge on any atom is -0.462 e. The molecule has 0 saturated carbocycles. The van der Waals surface area contributed by atoms with Crippen molar-refractivity contribution in [2.45, 2.75) is 80.5 Å². The number of carbonyl (C=O) groups is 2. The van der Waals surface area contributed by atoms with Gasteiger partial charge in [0.1, 0.15) is 36.9 Å². The Kier molecular flexibility index (Phi) is 7.32. The molecule has 0 aliphatic carbocycles. The maximum atomic E-state index is 13.1. The Bertz CT molecular complexity index is 822. The van der Waals surface area contributed by atoms with E-state index in [4.69, 9.17) is 14.2 Å². The van der Waals surface area contributed by atoms with Crippen LogP contribution in [0.4, 0.5) is 0 Å². The number of aliphatic hydroxyl groups excluding tert-OH is 4. The highest BCUT2D eigenvalue weighted by Crippen LogP contribution is 2.36. The van der Waals surface area contributed by atoms with E-state index in [0.717, 1.165) is 25.7 Å². The summed E-state index contributed by atoms with van der Waals surface area (Å²) in [4.78, 5) is 28.0. The van der Waals surface area contributed by atoms with Crippen molar-refractivity contribution >= 4 is 11.9 Å². The molecule has 10 heteroatoms. The molecule has 2 bridgehead atoms. The van der Waals surface area contributed by atoms with Gasteiger partial charge in [0.25, 0.3) is 0 Å². The first-order valence-electron chi connectivity index (χ1n) is 11.3. The molecular weight excluding hydrogens is 434 g/mol. The zero-order valence-electron chi connectivity index (χ0n) is 18.4. The van der Waals surface area contributed by atoms with Crippen molar-refractivity contribution in [1.82, 2.24) is 4.90 Å². The normalized spacial score (nSPS) is 37.4. The van der Waals surface area contributed by atoms with Gasteiger partial charge in [-0.1, -0.05) is 30.3 Å². The molecule has 0 spiro atoms. The molecule has 3 saturated heterocycles. The van der Waals surface area contributed by atoms with Gasteiger partial charge in [-0.2, -0.15) is 0 Å². The molecule has 0 radical (unpaired) electrons. The summed E-state index contributed by atoms with van der Waals surface area (Å²) >= 11 is 0. The van der Waals surface area contributed by atoms with Gasteiger partial charge in [-0.15, -0.1) is 0 Å². The van der Waals surface area contributed by atoms with Crippen LogP contribution in [0, 0.1) is 0 Å². The first kappa shape index (κ1) is 24.1. The van der Waals surface area contributed by atoms with E-state index < -0.39 is 48.6 Å². The van der Waals surface area contributed by atoms with E-state index in [-0.39, 0.29) is 12.7 Å². The van der Waals surface area contributed by atoms with Crippen LogP contribution in [0.15, 0.2) is 30.3 Å². The molecular formula is C23H31NO9. The molecule has 3 aliphatic rings. The quantitative estimate of drug-likeness (QED) is 0.397. The molecule has 3 heterocycles. The summed E-state index contributed by atoms with van der Waals surface area (Å²) in [5.41, 5.74) is 0.604. The summed E-state index contributed by atoms with van der Waals surface area (Å²) in [6.07, 6.45) is -5.43. The van der Waals surface area contributed by atoms with Crippen molar-refractivity contribution < 1.29 is 44.2 Å². The number of benzene rings is 1. The van der Waals surface area contributed by atoms with Gasteiger partial charge in [-0.05, 0) is 38.3 Å². The van der Waals surface area contributed by atoms with Gasteiger partial charge in [-0.25, -0.2) is 4.79 Å². The first-order chi connectivity index (χ1) is 15.8. The third-order valence-corrected chi connectivity index (χ3v) is 7.04. The van der Waals surface area contributed by atoms with E-state index in [9.17, 15) is 30.0 Å². The molecule has 0 amide bonds. The standard InChI is InChI=1S/C23H31NO9/c1-24-13-7-8-14(24)10-15(9-13)32-21(28)16(12-5-3-2-4-6-12)11-31-23(30)20-18(26)17(25)19(27)22(29)33-20/h2-6,13-20,22,25-27,29H,7-11H2,1H3/t13?,14?,15?,16?,17-,18-,19+,20-,22+/m0/s1. The van der Waals surface area contributed by atoms with Crippen molar-refractivity contribution in [1.29, 1.82) is 0 Å². The van der Waals surface area contributed by atoms with Gasteiger partial charge in [0.05, 0.1) is 0 Å². The lowest BCUT2D eigenvalue weighted by atomic mass is 9.97. The molecule has 10 nitrogen and oxygen atoms in total. The van der Waals surface area contributed by atoms with Gasteiger partial charge in [-0.3, -0.25) is 4.79 Å². The van der Waals surface area contributed by atoms with Crippen molar-refractivity contribution in [3.8, 4) is 0 Å². The summed E-state index contributed by atoms with van der Waals surface area (Å²) in [6.45, 7) is -0.373. The molecule has 4 N–H and O–H groups in total. The van der Waals surface area contributed by atoms with E-state index in [1.807, 2.05) is 0 Å². The fourth-order valence-electron chi connectivity index (χ4n) is 4.99. The number of fused-ring (bicyclic) bond motifs is 2. The minimum atomic E-state index is -1.87. The zero-order chi connectivity index (χ0) is 23.7. The number of hydrogen-bond donors (Lipinski definition) is 4. The molecule has 3 aliphatic heterocycles. The van der Waals surface area contributed by atoms with Gasteiger partial charge in [0.2, 0.25) is 0 Å². The van der Waals surface area contributed by atoms with E-state index in [2.05, 4.69) is 11.9 Å². The summed E-state index contributed by atoms with van der Waals surface area (Å²) in [5, 5.41) is 39.1. The van der Waals surface area contributed by atoms with Crippen LogP contribution < -0.4 is 0 Å². The van der Waals surface area contributed by atoms with Crippen LogP contribution in [-0.2, 0) is 23.8 Å². The van der Waals surface area contributed by atoms with Crippen molar-refractivity contribution in [2.24, 2.45) is 0 Å². The molecule has 3 fully saturated rings. The van der Waals surface area contributed by atoms with Gasteiger partial charge in [0.15, 0.2) is 12.4 Å². The summed E-state index contributed by atoms with van der Waals surface area (Å²) in [7, 11) is 2.10. The highest BCUT2D eigenvalue weighted by Gasteiger charge is 2.47. The van der Waals surface area contributed by atoms with Crippen LogP contribution in [-0.4, -0.2) is 99.8 Å². The number of ether oxygens (including phenoxy) is 3. The first-order valence-corrected chi connectivity index (χ1v) is 11.3.